The van der Waals surface area contributed by atoms with E-state index in [-0.39, 0.29) is 24.0 Å². The molecule has 0 saturated heterocycles. The van der Waals surface area contributed by atoms with Crippen molar-refractivity contribution in [3.05, 3.63) is 48.2 Å². The molecule has 0 unspecified atom stereocenters. The summed E-state index contributed by atoms with van der Waals surface area (Å²) in [5, 5.41) is 16.7. The zero-order chi connectivity index (χ0) is 21.1. The number of nitrogens with zero attached hydrogens (tertiary/aromatic N) is 4. The average Bonchev–Trinajstić information content (AvgIpc) is 2.75. The second kappa shape index (κ2) is 8.71. The van der Waals surface area contributed by atoms with Crippen molar-refractivity contribution < 1.29 is 9.90 Å². The molecule has 8 heteroatoms. The van der Waals surface area contributed by atoms with Gasteiger partial charge in [-0.05, 0) is 31.7 Å². The Kier molecular flexibility index (Phi) is 5.85. The number of carbonyl (C=O) groups is 1. The van der Waals surface area contributed by atoms with Crippen LogP contribution in [0.3, 0.4) is 0 Å². The first-order chi connectivity index (χ1) is 14.5. The monoisotopic (exact) mass is 406 g/mol. The van der Waals surface area contributed by atoms with E-state index in [9.17, 15) is 9.90 Å². The number of rotatable bonds is 5. The third-order valence-electron chi connectivity index (χ3n) is 5.33. The van der Waals surface area contributed by atoms with Crippen LogP contribution < -0.4 is 10.6 Å². The van der Waals surface area contributed by atoms with E-state index in [0.29, 0.717) is 22.7 Å². The van der Waals surface area contributed by atoms with Crippen LogP contribution in [0.1, 0.15) is 61.6 Å². The Labute approximate surface area is 175 Å². The van der Waals surface area contributed by atoms with Crippen LogP contribution in [-0.4, -0.2) is 43.1 Å². The number of aromatic nitrogens is 4. The van der Waals surface area contributed by atoms with Gasteiger partial charge in [0, 0.05) is 23.5 Å². The lowest BCUT2D eigenvalue weighted by atomic mass is 9.93. The molecule has 1 aliphatic carbocycles. The van der Waals surface area contributed by atoms with Crippen molar-refractivity contribution in [1.29, 1.82) is 0 Å². The largest absolute Gasteiger partial charge is 0.393 e. The van der Waals surface area contributed by atoms with Crippen LogP contribution in [0.15, 0.2) is 36.8 Å². The van der Waals surface area contributed by atoms with Crippen molar-refractivity contribution in [1.82, 2.24) is 19.9 Å². The first kappa shape index (κ1) is 20.2. The number of hydrogen-bond donors (Lipinski definition) is 3. The number of para-hydroxylation sites is 1. The van der Waals surface area contributed by atoms with Gasteiger partial charge in [-0.1, -0.05) is 26.0 Å². The number of aliphatic hydroxyl groups excluding tert-OH is 1. The molecule has 1 saturated carbocycles. The van der Waals surface area contributed by atoms with Crippen LogP contribution in [0, 0.1) is 0 Å². The summed E-state index contributed by atoms with van der Waals surface area (Å²) in [6.07, 6.45) is 8.03. The summed E-state index contributed by atoms with van der Waals surface area (Å²) in [7, 11) is 0. The molecular formula is C22H26N6O2. The molecule has 1 aromatic carbocycles. The smallest absolute Gasteiger partial charge is 0.257 e. The molecule has 0 radical (unpaired) electrons. The lowest BCUT2D eigenvalue weighted by Crippen LogP contribution is -2.29. The van der Waals surface area contributed by atoms with Gasteiger partial charge < -0.3 is 15.7 Å². The summed E-state index contributed by atoms with van der Waals surface area (Å²) in [6, 6.07) is 5.67. The van der Waals surface area contributed by atoms with E-state index in [0.717, 1.165) is 36.9 Å². The molecule has 0 atom stereocenters. The highest BCUT2D eigenvalue weighted by molar-refractivity contribution is 6.11. The number of fused-ring (bicyclic) bond motifs is 1. The first-order valence-corrected chi connectivity index (χ1v) is 10.3. The van der Waals surface area contributed by atoms with Gasteiger partial charge in [-0.2, -0.15) is 0 Å². The fraction of sp³-hybridized carbons (Fsp3) is 0.409. The van der Waals surface area contributed by atoms with Crippen molar-refractivity contribution in [2.24, 2.45) is 0 Å². The quantitative estimate of drug-likeness (QED) is 0.594. The van der Waals surface area contributed by atoms with Gasteiger partial charge in [0.15, 0.2) is 0 Å². The first-order valence-electron chi connectivity index (χ1n) is 10.3. The van der Waals surface area contributed by atoms with Gasteiger partial charge in [0.1, 0.15) is 5.82 Å². The van der Waals surface area contributed by atoms with Gasteiger partial charge >= 0.3 is 0 Å². The number of anilines is 2. The molecule has 1 amide bonds. The van der Waals surface area contributed by atoms with Crippen LogP contribution in [0.5, 0.6) is 0 Å². The van der Waals surface area contributed by atoms with Crippen LogP contribution in [0.25, 0.3) is 10.9 Å². The Bertz CT molecular complexity index is 1030. The normalized spacial score (nSPS) is 19.1. The number of aliphatic hydroxyl groups is 1. The third-order valence-corrected chi connectivity index (χ3v) is 5.33. The van der Waals surface area contributed by atoms with Gasteiger partial charge in [0.25, 0.3) is 5.91 Å². The Morgan fingerprint density at radius 1 is 1.07 bits per heavy atom. The molecule has 0 aliphatic heterocycles. The second-order valence-corrected chi connectivity index (χ2v) is 8.03. The highest BCUT2D eigenvalue weighted by Crippen LogP contribution is 2.23. The minimum Gasteiger partial charge on any atom is -0.393 e. The minimum atomic E-state index is -0.271. The number of carbonyl (C=O) groups excluding carboxylic acids is 1. The van der Waals surface area contributed by atoms with Gasteiger partial charge in [-0.15, -0.1) is 0 Å². The van der Waals surface area contributed by atoms with Crippen LogP contribution in [0.4, 0.5) is 11.6 Å². The number of nitrogens with one attached hydrogen (secondary N) is 2. The van der Waals surface area contributed by atoms with Crippen LogP contribution >= 0.6 is 0 Å². The maximum absolute atomic E-state index is 12.9. The second-order valence-electron chi connectivity index (χ2n) is 8.03. The molecule has 2 aromatic heterocycles. The van der Waals surface area contributed by atoms with Crippen LogP contribution in [-0.2, 0) is 0 Å². The van der Waals surface area contributed by atoms with E-state index in [1.165, 1.54) is 0 Å². The fourth-order valence-electron chi connectivity index (χ4n) is 3.61. The maximum Gasteiger partial charge on any atom is 0.257 e. The Morgan fingerprint density at radius 2 is 1.80 bits per heavy atom. The van der Waals surface area contributed by atoms with Gasteiger partial charge in [-0.25, -0.2) is 19.9 Å². The topological polar surface area (TPSA) is 113 Å². The van der Waals surface area contributed by atoms with E-state index in [1.54, 1.807) is 24.7 Å². The maximum atomic E-state index is 12.9. The molecular weight excluding hydrogens is 380 g/mol. The molecule has 0 spiro atoms. The zero-order valence-corrected chi connectivity index (χ0v) is 17.2. The molecule has 0 bridgehead atoms. The van der Waals surface area contributed by atoms with Crippen molar-refractivity contribution in [2.45, 2.75) is 57.6 Å². The standard InChI is InChI=1S/C22H26N6O2/c1-13(2)20-23-11-16(12-24-20)26-21(30)18-5-3-4-14-10-25-22(28-19(14)18)27-15-6-8-17(29)9-7-15/h3-5,10-13,15,17,29H,6-9H2,1-2H3,(H,26,30)(H,25,27,28). The summed E-state index contributed by atoms with van der Waals surface area (Å²) >= 11 is 0. The number of hydrogen-bond acceptors (Lipinski definition) is 7. The van der Waals surface area contributed by atoms with E-state index in [1.807, 2.05) is 26.0 Å². The van der Waals surface area contributed by atoms with Gasteiger partial charge in [0.2, 0.25) is 5.95 Å². The van der Waals surface area contributed by atoms with Crippen molar-refractivity contribution in [3.63, 3.8) is 0 Å². The predicted molar refractivity (Wildman–Crippen MR) is 115 cm³/mol. The minimum absolute atomic E-state index is 0.213. The summed E-state index contributed by atoms with van der Waals surface area (Å²) in [4.78, 5) is 30.5. The molecule has 4 rings (SSSR count). The Balaban J connectivity index is 1.54. The molecule has 8 nitrogen and oxygen atoms in total. The van der Waals surface area contributed by atoms with Gasteiger partial charge in [0.05, 0.1) is 35.3 Å². The highest BCUT2D eigenvalue weighted by Gasteiger charge is 2.20. The number of benzene rings is 1. The molecule has 3 N–H and O–H groups in total. The SMILES string of the molecule is CC(C)c1ncc(NC(=O)c2cccc3cnc(NC4CCC(O)CC4)nc23)cn1. The van der Waals surface area contributed by atoms with Crippen molar-refractivity contribution in [3.8, 4) is 0 Å². The number of amides is 1. The summed E-state index contributed by atoms with van der Waals surface area (Å²) in [5.74, 6) is 1.18. The van der Waals surface area contributed by atoms with E-state index in [2.05, 4.69) is 30.6 Å². The molecule has 1 fully saturated rings. The third kappa shape index (κ3) is 4.54. The lowest BCUT2D eigenvalue weighted by Gasteiger charge is -2.26. The van der Waals surface area contributed by atoms with E-state index in [4.69, 9.17) is 0 Å². The Morgan fingerprint density at radius 3 is 2.50 bits per heavy atom. The molecule has 156 valence electrons. The highest BCUT2D eigenvalue weighted by atomic mass is 16.3. The zero-order valence-electron chi connectivity index (χ0n) is 17.2. The average molecular weight is 406 g/mol. The summed E-state index contributed by atoms with van der Waals surface area (Å²) in [6.45, 7) is 4.04. The van der Waals surface area contributed by atoms with Gasteiger partial charge in [-0.3, -0.25) is 4.79 Å². The molecule has 1 aliphatic rings. The van der Waals surface area contributed by atoms with E-state index < -0.39 is 0 Å². The summed E-state index contributed by atoms with van der Waals surface area (Å²) in [5.41, 5.74) is 1.59. The molecule has 2 heterocycles. The van der Waals surface area contributed by atoms with E-state index >= 15 is 0 Å². The molecule has 3 aromatic rings. The summed E-state index contributed by atoms with van der Waals surface area (Å²) < 4.78 is 0. The fourth-order valence-corrected chi connectivity index (χ4v) is 3.61. The predicted octanol–water partition coefficient (Wildman–Crippen LogP) is 3.51. The van der Waals surface area contributed by atoms with Crippen molar-refractivity contribution >= 4 is 28.4 Å². The van der Waals surface area contributed by atoms with Crippen molar-refractivity contribution in [2.75, 3.05) is 10.6 Å². The lowest BCUT2D eigenvalue weighted by molar-refractivity contribution is 0.102. The molecule has 30 heavy (non-hydrogen) atoms. The Hall–Kier alpha value is -3.13. The van der Waals surface area contributed by atoms with Crippen LogP contribution in [0.2, 0.25) is 0 Å².